The Morgan fingerprint density at radius 1 is 1.17 bits per heavy atom. The van der Waals surface area contributed by atoms with E-state index < -0.39 is 15.4 Å². The Hall–Kier alpha value is -1.47. The third-order valence-corrected chi connectivity index (χ3v) is 4.66. The SMILES string of the molecule is CC(C)(C)C(=O)NCCN(CCc1ccc(F)cc1)S(C)(=O)=O. The van der Waals surface area contributed by atoms with E-state index in [1.165, 1.54) is 16.4 Å². The Morgan fingerprint density at radius 2 is 1.74 bits per heavy atom. The van der Waals surface area contributed by atoms with Crippen LogP contribution in [0.1, 0.15) is 26.3 Å². The molecule has 0 saturated heterocycles. The lowest BCUT2D eigenvalue weighted by Crippen LogP contribution is -2.42. The number of amides is 1. The third-order valence-electron chi connectivity index (χ3n) is 3.36. The van der Waals surface area contributed by atoms with Gasteiger partial charge >= 0.3 is 0 Å². The van der Waals surface area contributed by atoms with Gasteiger partial charge in [0.15, 0.2) is 0 Å². The topological polar surface area (TPSA) is 66.5 Å². The molecular weight excluding hydrogens is 319 g/mol. The molecule has 0 radical (unpaired) electrons. The number of sulfonamides is 1. The maximum Gasteiger partial charge on any atom is 0.225 e. The molecule has 0 aliphatic rings. The zero-order valence-corrected chi connectivity index (χ0v) is 14.9. The minimum atomic E-state index is -3.37. The summed E-state index contributed by atoms with van der Waals surface area (Å²) >= 11 is 0. The second-order valence-electron chi connectivity index (χ2n) is 6.54. The molecule has 23 heavy (non-hydrogen) atoms. The number of hydrogen-bond donors (Lipinski definition) is 1. The van der Waals surface area contributed by atoms with E-state index in [9.17, 15) is 17.6 Å². The number of carbonyl (C=O) groups excluding carboxylic acids is 1. The number of nitrogens with zero attached hydrogens (tertiary/aromatic N) is 1. The molecule has 0 aromatic heterocycles. The quantitative estimate of drug-likeness (QED) is 0.820. The molecule has 0 bridgehead atoms. The lowest BCUT2D eigenvalue weighted by atomic mass is 9.96. The average Bonchev–Trinajstić information content (AvgIpc) is 2.41. The second-order valence-corrected chi connectivity index (χ2v) is 8.53. The first-order chi connectivity index (χ1) is 10.5. The Bertz CT molecular complexity index is 622. The van der Waals surface area contributed by atoms with E-state index in [2.05, 4.69) is 5.32 Å². The molecule has 0 atom stereocenters. The van der Waals surface area contributed by atoms with Crippen molar-refractivity contribution in [3.05, 3.63) is 35.6 Å². The van der Waals surface area contributed by atoms with Crippen molar-refractivity contribution in [3.63, 3.8) is 0 Å². The van der Waals surface area contributed by atoms with Crippen molar-refractivity contribution in [2.75, 3.05) is 25.9 Å². The monoisotopic (exact) mass is 344 g/mol. The molecule has 0 saturated carbocycles. The zero-order valence-electron chi connectivity index (χ0n) is 14.1. The van der Waals surface area contributed by atoms with Crippen LogP contribution in [0.5, 0.6) is 0 Å². The maximum absolute atomic E-state index is 12.9. The Balaban J connectivity index is 2.57. The summed E-state index contributed by atoms with van der Waals surface area (Å²) in [7, 11) is -3.37. The first-order valence-electron chi connectivity index (χ1n) is 7.48. The number of carbonyl (C=O) groups is 1. The second kappa shape index (κ2) is 7.88. The lowest BCUT2D eigenvalue weighted by Gasteiger charge is -2.22. The highest BCUT2D eigenvalue weighted by molar-refractivity contribution is 7.88. The van der Waals surface area contributed by atoms with Crippen molar-refractivity contribution >= 4 is 15.9 Å². The third kappa shape index (κ3) is 7.09. The standard InChI is InChI=1S/C16H25FN2O3S/c1-16(2,3)15(20)18-10-12-19(23(4,21)22)11-9-13-5-7-14(17)8-6-13/h5-8H,9-12H2,1-4H3,(H,18,20). The van der Waals surface area contributed by atoms with Gasteiger partial charge in [0.2, 0.25) is 15.9 Å². The van der Waals surface area contributed by atoms with Gasteiger partial charge in [-0.05, 0) is 24.1 Å². The van der Waals surface area contributed by atoms with Gasteiger partial charge < -0.3 is 5.32 Å². The van der Waals surface area contributed by atoms with Gasteiger partial charge in [-0.3, -0.25) is 4.79 Å². The minimum absolute atomic E-state index is 0.121. The highest BCUT2D eigenvalue weighted by Crippen LogP contribution is 2.12. The highest BCUT2D eigenvalue weighted by atomic mass is 32.2. The Morgan fingerprint density at radius 3 is 2.22 bits per heavy atom. The van der Waals surface area contributed by atoms with Crippen molar-refractivity contribution in [2.45, 2.75) is 27.2 Å². The van der Waals surface area contributed by atoms with Crippen LogP contribution in [0.4, 0.5) is 4.39 Å². The smallest absolute Gasteiger partial charge is 0.225 e. The van der Waals surface area contributed by atoms with Crippen LogP contribution in [0, 0.1) is 11.2 Å². The van der Waals surface area contributed by atoms with E-state index in [-0.39, 0.29) is 31.4 Å². The molecule has 1 aromatic rings. The molecule has 1 aromatic carbocycles. The van der Waals surface area contributed by atoms with Crippen molar-refractivity contribution in [1.82, 2.24) is 9.62 Å². The van der Waals surface area contributed by atoms with Crippen molar-refractivity contribution in [3.8, 4) is 0 Å². The molecule has 0 unspecified atom stereocenters. The van der Waals surface area contributed by atoms with Crippen molar-refractivity contribution in [1.29, 1.82) is 0 Å². The molecule has 5 nitrogen and oxygen atoms in total. The molecule has 0 fully saturated rings. The van der Waals surface area contributed by atoms with E-state index in [1.54, 1.807) is 32.9 Å². The van der Waals surface area contributed by atoms with Crippen LogP contribution in [0.25, 0.3) is 0 Å². The van der Waals surface area contributed by atoms with Crippen molar-refractivity contribution in [2.24, 2.45) is 5.41 Å². The van der Waals surface area contributed by atoms with E-state index >= 15 is 0 Å². The summed E-state index contributed by atoms with van der Waals surface area (Å²) in [6.07, 6.45) is 1.63. The fraction of sp³-hybridized carbons (Fsp3) is 0.562. The summed E-state index contributed by atoms with van der Waals surface area (Å²) in [5.74, 6) is -0.442. The molecule has 0 aliphatic carbocycles. The Kier molecular flexibility index (Phi) is 6.70. The molecule has 130 valence electrons. The number of hydrogen-bond acceptors (Lipinski definition) is 3. The molecule has 1 rings (SSSR count). The van der Waals surface area contributed by atoms with Crippen LogP contribution in [0.15, 0.2) is 24.3 Å². The summed E-state index contributed by atoms with van der Waals surface area (Å²) in [6.45, 7) is 6.14. The first-order valence-corrected chi connectivity index (χ1v) is 9.33. The summed E-state index contributed by atoms with van der Waals surface area (Å²) in [6, 6.07) is 5.97. The van der Waals surface area contributed by atoms with E-state index in [0.717, 1.165) is 11.8 Å². The number of nitrogens with one attached hydrogen (secondary N) is 1. The molecule has 0 spiro atoms. The fourth-order valence-electron chi connectivity index (χ4n) is 1.91. The largest absolute Gasteiger partial charge is 0.354 e. The zero-order chi connectivity index (χ0) is 17.7. The van der Waals surface area contributed by atoms with Crippen molar-refractivity contribution < 1.29 is 17.6 Å². The number of halogens is 1. The highest BCUT2D eigenvalue weighted by Gasteiger charge is 2.22. The normalized spacial score (nSPS) is 12.4. The van der Waals surface area contributed by atoms with Crippen LogP contribution < -0.4 is 5.32 Å². The number of rotatable bonds is 7. The molecule has 0 aliphatic heterocycles. The van der Waals surface area contributed by atoms with Crippen LogP contribution in [0.2, 0.25) is 0 Å². The van der Waals surface area contributed by atoms with Crippen LogP contribution >= 0.6 is 0 Å². The molecule has 1 amide bonds. The van der Waals surface area contributed by atoms with Crippen LogP contribution in [0.3, 0.4) is 0 Å². The van der Waals surface area contributed by atoms with Crippen LogP contribution in [-0.4, -0.2) is 44.5 Å². The molecular formula is C16H25FN2O3S. The average molecular weight is 344 g/mol. The molecule has 1 N–H and O–H groups in total. The van der Waals surface area contributed by atoms with Gasteiger partial charge in [0.05, 0.1) is 6.26 Å². The fourth-order valence-corrected chi connectivity index (χ4v) is 2.75. The summed E-state index contributed by atoms with van der Waals surface area (Å²) in [5, 5.41) is 2.74. The summed E-state index contributed by atoms with van der Waals surface area (Å²) < 4.78 is 37.9. The minimum Gasteiger partial charge on any atom is -0.354 e. The van der Waals surface area contributed by atoms with Gasteiger partial charge in [0.25, 0.3) is 0 Å². The number of benzene rings is 1. The molecule has 0 heterocycles. The first kappa shape index (κ1) is 19.6. The van der Waals surface area contributed by atoms with Gasteiger partial charge in [-0.2, -0.15) is 0 Å². The predicted octanol–water partition coefficient (Wildman–Crippen LogP) is 1.79. The maximum atomic E-state index is 12.9. The summed E-state index contributed by atoms with van der Waals surface area (Å²) in [5.41, 5.74) is 0.350. The van der Waals surface area contributed by atoms with E-state index in [1.807, 2.05) is 0 Å². The summed E-state index contributed by atoms with van der Waals surface area (Å²) in [4.78, 5) is 11.8. The lowest BCUT2D eigenvalue weighted by molar-refractivity contribution is -0.128. The van der Waals surface area contributed by atoms with Gasteiger partial charge in [0, 0.05) is 25.0 Å². The Labute approximate surface area is 137 Å². The van der Waals surface area contributed by atoms with Gasteiger partial charge in [0.1, 0.15) is 5.82 Å². The predicted molar refractivity (Wildman–Crippen MR) is 89.0 cm³/mol. The van der Waals surface area contributed by atoms with E-state index in [0.29, 0.717) is 6.42 Å². The molecule has 7 heteroatoms. The van der Waals surface area contributed by atoms with Gasteiger partial charge in [-0.25, -0.2) is 17.1 Å². The van der Waals surface area contributed by atoms with Crippen LogP contribution in [-0.2, 0) is 21.2 Å². The van der Waals surface area contributed by atoms with Gasteiger partial charge in [-0.1, -0.05) is 32.9 Å². The van der Waals surface area contributed by atoms with E-state index in [4.69, 9.17) is 0 Å². The van der Waals surface area contributed by atoms with Gasteiger partial charge in [-0.15, -0.1) is 0 Å².